The van der Waals surface area contributed by atoms with Crippen molar-refractivity contribution in [3.63, 3.8) is 0 Å². The summed E-state index contributed by atoms with van der Waals surface area (Å²) in [6, 6.07) is 36.5. The molecule has 0 bridgehead atoms. The number of unbranched alkanes of at least 4 members (excludes halogenated alkanes) is 1. The summed E-state index contributed by atoms with van der Waals surface area (Å²) in [5, 5.41) is 5.66. The van der Waals surface area contributed by atoms with Crippen molar-refractivity contribution in [3.8, 4) is 22.3 Å². The van der Waals surface area contributed by atoms with E-state index in [1.165, 1.54) is 85.8 Å². The van der Waals surface area contributed by atoms with Crippen molar-refractivity contribution in [3.05, 3.63) is 114 Å². The first-order chi connectivity index (χ1) is 19.1. The van der Waals surface area contributed by atoms with Crippen LogP contribution in [0.1, 0.15) is 49.8 Å². The van der Waals surface area contributed by atoms with E-state index in [1.54, 1.807) is 0 Å². The Bertz CT molecular complexity index is 1460. The molecule has 5 aromatic rings. The van der Waals surface area contributed by atoms with Crippen molar-refractivity contribution in [1.29, 1.82) is 0 Å². The quantitative estimate of drug-likeness (QED) is 0.125. The van der Waals surface area contributed by atoms with Crippen LogP contribution in [0.2, 0.25) is 0 Å². The number of fused-ring (bicyclic) bond motifs is 4. The molecular formula is C35H34Cl2SiZr. The SMILES string of the molecule is CCCCc1cc2c(-c3ccccc3C)c(CCC)ccc2[cH-]1.[Cl][Zr+2][Cl].[c-]1cccc2c1[Si]c1ccccc1-2. The molecule has 0 spiro atoms. The zero-order chi connectivity index (χ0) is 27.6. The van der Waals surface area contributed by atoms with Crippen LogP contribution in [-0.2, 0) is 33.7 Å². The maximum Gasteiger partial charge on any atom is 0.0920 e. The second-order valence-corrected chi connectivity index (χ2v) is 14.9. The third kappa shape index (κ3) is 7.47. The average Bonchev–Trinajstić information content (AvgIpc) is 3.55. The summed E-state index contributed by atoms with van der Waals surface area (Å²) in [7, 11) is 10.7. The summed E-state index contributed by atoms with van der Waals surface area (Å²) in [5.41, 5.74) is 9.98. The molecule has 4 heteroatoms. The number of hydrogen-bond acceptors (Lipinski definition) is 0. The minimum Gasteiger partial charge on any atom is -0.184 e. The molecule has 0 atom stereocenters. The zero-order valence-corrected chi connectivity index (χ0v) is 27.9. The molecule has 0 saturated heterocycles. The van der Waals surface area contributed by atoms with E-state index in [0.717, 1.165) is 15.9 Å². The van der Waals surface area contributed by atoms with Crippen molar-refractivity contribution in [1.82, 2.24) is 0 Å². The van der Waals surface area contributed by atoms with Gasteiger partial charge in [0.2, 0.25) is 0 Å². The van der Waals surface area contributed by atoms with Crippen molar-refractivity contribution in [2.75, 3.05) is 0 Å². The first kappa shape index (κ1) is 30.1. The first-order valence-electron chi connectivity index (χ1n) is 13.7. The second kappa shape index (κ2) is 15.2. The monoisotopic (exact) mass is 642 g/mol. The maximum atomic E-state index is 4.93. The molecule has 1 aliphatic rings. The second-order valence-electron chi connectivity index (χ2n) is 9.84. The smallest absolute Gasteiger partial charge is 0.0920 e. The van der Waals surface area contributed by atoms with Crippen molar-refractivity contribution in [2.45, 2.75) is 52.9 Å². The summed E-state index contributed by atoms with van der Waals surface area (Å²) in [6.07, 6.45) is 6.06. The molecule has 0 aromatic heterocycles. The van der Waals surface area contributed by atoms with Crippen LogP contribution >= 0.6 is 17.0 Å². The Morgan fingerprint density at radius 1 is 0.821 bits per heavy atom. The van der Waals surface area contributed by atoms with E-state index in [-0.39, 0.29) is 0 Å². The Morgan fingerprint density at radius 3 is 2.28 bits per heavy atom. The summed E-state index contributed by atoms with van der Waals surface area (Å²) in [6.45, 7) is 6.76. The van der Waals surface area contributed by atoms with Crippen molar-refractivity contribution >= 4 is 47.7 Å². The molecule has 0 unspecified atom stereocenters. The molecule has 1 heterocycles. The van der Waals surface area contributed by atoms with Gasteiger partial charge >= 0.3 is 37.9 Å². The van der Waals surface area contributed by atoms with Gasteiger partial charge in [-0.05, 0) is 30.9 Å². The fraction of sp³-hybridized carbons (Fsp3) is 0.229. The Labute approximate surface area is 255 Å². The zero-order valence-electron chi connectivity index (χ0n) is 23.0. The molecule has 0 saturated carbocycles. The van der Waals surface area contributed by atoms with Gasteiger partial charge in [0.15, 0.2) is 0 Å². The topological polar surface area (TPSA) is 0 Å². The molecular weight excluding hydrogens is 611 g/mol. The molecule has 2 radical (unpaired) electrons. The van der Waals surface area contributed by atoms with Gasteiger partial charge < -0.3 is 0 Å². The molecule has 196 valence electrons. The molecule has 0 aliphatic carbocycles. The normalized spacial score (nSPS) is 11.0. The van der Waals surface area contributed by atoms with E-state index >= 15 is 0 Å². The molecule has 6 rings (SSSR count). The maximum absolute atomic E-state index is 4.93. The van der Waals surface area contributed by atoms with Gasteiger partial charge in [0, 0.05) is 0 Å². The Kier molecular flexibility index (Phi) is 11.8. The number of benzene rings is 4. The summed E-state index contributed by atoms with van der Waals surface area (Å²) < 4.78 is 0. The van der Waals surface area contributed by atoms with Crippen molar-refractivity contribution < 1.29 is 20.8 Å². The fourth-order valence-electron chi connectivity index (χ4n) is 5.29. The van der Waals surface area contributed by atoms with Crippen LogP contribution in [-0.4, -0.2) is 9.52 Å². The predicted molar refractivity (Wildman–Crippen MR) is 170 cm³/mol. The van der Waals surface area contributed by atoms with E-state index in [1.807, 2.05) is 6.07 Å². The number of halogens is 2. The standard InChI is InChI=1S/C23H27.C12H7Si.2ClH.Zr/c1-4-6-11-18-15-20-14-13-19(9-5-2)23(22(20)16-18)21-12-8-7-10-17(21)3;1-3-7-11-9(5-1)10-6-2-4-8-12(10)13-11;;;/h7-8,10,12-16H,4-6,9,11H2,1-3H3;1-7H;2*1H;/q2*-1;;;+4/p-2. The molecule has 0 nitrogen and oxygen atoms in total. The van der Waals surface area contributed by atoms with Gasteiger partial charge in [0.05, 0.1) is 9.52 Å². The van der Waals surface area contributed by atoms with Gasteiger partial charge in [-0.1, -0.05) is 104 Å². The van der Waals surface area contributed by atoms with E-state index in [0.29, 0.717) is 0 Å². The largest absolute Gasteiger partial charge is 0.184 e. The van der Waals surface area contributed by atoms with E-state index in [4.69, 9.17) is 17.0 Å². The summed E-state index contributed by atoms with van der Waals surface area (Å²) in [4.78, 5) is 0. The molecule has 0 N–H and O–H groups in total. The van der Waals surface area contributed by atoms with Crippen LogP contribution in [0.15, 0.2) is 91.0 Å². The van der Waals surface area contributed by atoms with Crippen LogP contribution in [0, 0.1) is 13.0 Å². The van der Waals surface area contributed by atoms with Crippen LogP contribution in [0.3, 0.4) is 0 Å². The molecule has 39 heavy (non-hydrogen) atoms. The number of aryl methyl sites for hydroxylation is 3. The van der Waals surface area contributed by atoms with Gasteiger partial charge in [-0.3, -0.25) is 0 Å². The minimum absolute atomic E-state index is 0.795. The number of rotatable bonds is 6. The third-order valence-corrected chi connectivity index (χ3v) is 8.49. The Balaban J connectivity index is 0.000000184. The Hall–Kier alpha value is -1.83. The molecule has 1 aliphatic heterocycles. The fourth-order valence-corrected chi connectivity index (χ4v) is 6.60. The van der Waals surface area contributed by atoms with Gasteiger partial charge in [-0.15, -0.1) is 40.1 Å². The first-order valence-corrected chi connectivity index (χ1v) is 21.0. The van der Waals surface area contributed by atoms with Crippen LogP contribution < -0.4 is 10.4 Å². The van der Waals surface area contributed by atoms with Gasteiger partial charge in [-0.2, -0.15) is 35.5 Å². The van der Waals surface area contributed by atoms with Crippen molar-refractivity contribution in [2.24, 2.45) is 0 Å². The Morgan fingerprint density at radius 2 is 1.54 bits per heavy atom. The number of hydrogen-bond donors (Lipinski definition) is 0. The van der Waals surface area contributed by atoms with Gasteiger partial charge in [0.25, 0.3) is 0 Å². The van der Waals surface area contributed by atoms with Crippen LogP contribution in [0.25, 0.3) is 33.0 Å². The van der Waals surface area contributed by atoms with E-state index in [2.05, 4.69) is 112 Å². The summed E-state index contributed by atoms with van der Waals surface area (Å²) in [5.74, 6) is 0. The van der Waals surface area contributed by atoms with Gasteiger partial charge in [0.1, 0.15) is 0 Å². The van der Waals surface area contributed by atoms with Crippen LogP contribution in [0.5, 0.6) is 0 Å². The molecule has 0 fully saturated rings. The average molecular weight is 645 g/mol. The minimum atomic E-state index is -0.826. The van der Waals surface area contributed by atoms with Crippen LogP contribution in [0.4, 0.5) is 0 Å². The summed E-state index contributed by atoms with van der Waals surface area (Å²) >= 11 is -0.826. The van der Waals surface area contributed by atoms with E-state index < -0.39 is 20.8 Å². The van der Waals surface area contributed by atoms with E-state index in [9.17, 15) is 0 Å². The molecule has 0 amide bonds. The predicted octanol–water partition coefficient (Wildman–Crippen LogP) is 9.33. The van der Waals surface area contributed by atoms with Gasteiger partial charge in [-0.25, -0.2) is 0 Å². The molecule has 5 aromatic carbocycles. The third-order valence-electron chi connectivity index (χ3n) is 7.12.